The quantitative estimate of drug-likeness (QED) is 0.717. The fourth-order valence-corrected chi connectivity index (χ4v) is 3.33. The van der Waals surface area contributed by atoms with Crippen LogP contribution in [0.4, 0.5) is 0 Å². The van der Waals surface area contributed by atoms with Crippen LogP contribution >= 0.6 is 11.3 Å². The molecule has 0 amide bonds. The topological polar surface area (TPSA) is 21.3 Å². The van der Waals surface area contributed by atoms with Gasteiger partial charge in [0.2, 0.25) is 0 Å². The van der Waals surface area contributed by atoms with Gasteiger partial charge in [-0.2, -0.15) is 0 Å². The lowest BCUT2D eigenvalue weighted by Crippen LogP contribution is -2.22. The second kappa shape index (κ2) is 8.85. The molecule has 0 saturated carbocycles. The average Bonchev–Trinajstić information content (AvgIpc) is 3.04. The summed E-state index contributed by atoms with van der Waals surface area (Å²) < 4.78 is 5.52. The average molecular weight is 303 g/mol. The molecule has 0 spiro atoms. The molecule has 2 nitrogen and oxygen atoms in total. The Kier molecular flexibility index (Phi) is 6.77. The van der Waals surface area contributed by atoms with E-state index in [2.05, 4.69) is 48.0 Å². The predicted octanol–water partition coefficient (Wildman–Crippen LogP) is 4.82. The SMILES string of the molecule is CCCNC(CCCc1cccs1)c1ccccc1OC. The van der Waals surface area contributed by atoms with Crippen LogP contribution in [0, 0.1) is 0 Å². The third-order valence-corrected chi connectivity index (χ3v) is 4.59. The molecule has 0 aliphatic heterocycles. The van der Waals surface area contributed by atoms with Gasteiger partial charge in [0.25, 0.3) is 0 Å². The van der Waals surface area contributed by atoms with Crippen molar-refractivity contribution in [2.24, 2.45) is 0 Å². The number of nitrogens with one attached hydrogen (secondary N) is 1. The summed E-state index contributed by atoms with van der Waals surface area (Å²) in [7, 11) is 1.75. The number of ether oxygens (including phenoxy) is 1. The maximum absolute atomic E-state index is 5.52. The summed E-state index contributed by atoms with van der Waals surface area (Å²) in [5.74, 6) is 0.988. The molecule has 1 heterocycles. The number of para-hydroxylation sites is 1. The van der Waals surface area contributed by atoms with E-state index in [9.17, 15) is 0 Å². The van der Waals surface area contributed by atoms with Gasteiger partial charge in [-0.05, 0) is 49.7 Å². The molecular formula is C18H25NOS. The summed E-state index contributed by atoms with van der Waals surface area (Å²) in [6.07, 6.45) is 4.64. The Morgan fingerprint density at radius 3 is 2.76 bits per heavy atom. The predicted molar refractivity (Wildman–Crippen MR) is 91.3 cm³/mol. The molecule has 2 aromatic rings. The van der Waals surface area contributed by atoms with Crippen molar-refractivity contribution in [3.8, 4) is 5.75 Å². The molecule has 114 valence electrons. The van der Waals surface area contributed by atoms with Gasteiger partial charge in [0.15, 0.2) is 0 Å². The standard InChI is InChI=1S/C18H25NOS/c1-3-13-19-17(11-6-8-15-9-7-14-21-15)16-10-4-5-12-18(16)20-2/h4-5,7,9-10,12,14,17,19H,3,6,8,11,13H2,1-2H3. The first-order valence-corrected chi connectivity index (χ1v) is 8.61. The fourth-order valence-electron chi connectivity index (χ4n) is 2.58. The molecule has 1 aromatic heterocycles. The van der Waals surface area contributed by atoms with Gasteiger partial charge in [-0.25, -0.2) is 0 Å². The molecule has 1 unspecified atom stereocenters. The second-order valence-electron chi connectivity index (χ2n) is 5.22. The Bertz CT molecular complexity index is 510. The van der Waals surface area contributed by atoms with Gasteiger partial charge in [0, 0.05) is 16.5 Å². The highest BCUT2D eigenvalue weighted by Gasteiger charge is 2.14. The summed E-state index contributed by atoms with van der Waals surface area (Å²) in [6, 6.07) is 13.1. The number of aryl methyl sites for hydroxylation is 1. The molecule has 0 aliphatic carbocycles. The van der Waals surface area contributed by atoms with Crippen molar-refractivity contribution in [2.75, 3.05) is 13.7 Å². The number of rotatable bonds is 9. The highest BCUT2D eigenvalue weighted by molar-refractivity contribution is 7.09. The first-order valence-electron chi connectivity index (χ1n) is 7.73. The van der Waals surface area contributed by atoms with Gasteiger partial charge in [0.1, 0.15) is 5.75 Å². The van der Waals surface area contributed by atoms with Crippen molar-refractivity contribution in [3.63, 3.8) is 0 Å². The van der Waals surface area contributed by atoms with Crippen LogP contribution in [0.25, 0.3) is 0 Å². The Morgan fingerprint density at radius 1 is 1.19 bits per heavy atom. The van der Waals surface area contributed by atoms with Crippen molar-refractivity contribution in [3.05, 3.63) is 52.2 Å². The largest absolute Gasteiger partial charge is 0.496 e. The molecule has 0 radical (unpaired) electrons. The van der Waals surface area contributed by atoms with Gasteiger partial charge in [-0.1, -0.05) is 31.2 Å². The van der Waals surface area contributed by atoms with E-state index in [-0.39, 0.29) is 0 Å². The zero-order chi connectivity index (χ0) is 14.9. The van der Waals surface area contributed by atoms with Crippen LogP contribution in [0.1, 0.15) is 42.7 Å². The van der Waals surface area contributed by atoms with Gasteiger partial charge >= 0.3 is 0 Å². The molecular weight excluding hydrogens is 278 g/mol. The van der Waals surface area contributed by atoms with Gasteiger partial charge in [-0.3, -0.25) is 0 Å². The third kappa shape index (κ3) is 4.87. The second-order valence-corrected chi connectivity index (χ2v) is 6.25. The smallest absolute Gasteiger partial charge is 0.123 e. The Labute approximate surface area is 132 Å². The van der Waals surface area contributed by atoms with Crippen LogP contribution in [0.5, 0.6) is 5.75 Å². The highest BCUT2D eigenvalue weighted by Crippen LogP contribution is 2.28. The van der Waals surface area contributed by atoms with E-state index in [4.69, 9.17) is 4.74 Å². The number of thiophene rings is 1. The molecule has 21 heavy (non-hydrogen) atoms. The van der Waals surface area contributed by atoms with Crippen molar-refractivity contribution < 1.29 is 4.74 Å². The first kappa shape index (κ1) is 16.1. The molecule has 0 bridgehead atoms. The van der Waals surface area contributed by atoms with Crippen LogP contribution in [-0.4, -0.2) is 13.7 Å². The number of benzene rings is 1. The van der Waals surface area contributed by atoms with E-state index in [0.29, 0.717) is 6.04 Å². The summed E-state index contributed by atoms with van der Waals surface area (Å²) in [5.41, 5.74) is 1.28. The minimum Gasteiger partial charge on any atom is -0.496 e. The molecule has 0 fully saturated rings. The molecule has 0 saturated heterocycles. The molecule has 1 aromatic carbocycles. The van der Waals surface area contributed by atoms with E-state index < -0.39 is 0 Å². The van der Waals surface area contributed by atoms with Gasteiger partial charge in [-0.15, -0.1) is 11.3 Å². The summed E-state index contributed by atoms with van der Waals surface area (Å²) in [6.45, 7) is 3.25. The molecule has 1 atom stereocenters. The Balaban J connectivity index is 1.99. The molecule has 2 rings (SSSR count). The molecule has 1 N–H and O–H groups in total. The van der Waals surface area contributed by atoms with Crippen molar-refractivity contribution >= 4 is 11.3 Å². The van der Waals surface area contributed by atoms with Gasteiger partial charge in [0.05, 0.1) is 7.11 Å². The van der Waals surface area contributed by atoms with E-state index in [1.165, 1.54) is 16.9 Å². The third-order valence-electron chi connectivity index (χ3n) is 3.65. The minimum atomic E-state index is 0.376. The van der Waals surface area contributed by atoms with Crippen LogP contribution in [0.3, 0.4) is 0 Å². The van der Waals surface area contributed by atoms with Crippen LogP contribution in [0.15, 0.2) is 41.8 Å². The minimum absolute atomic E-state index is 0.376. The lowest BCUT2D eigenvalue weighted by molar-refractivity contribution is 0.393. The molecule has 3 heteroatoms. The summed E-state index contributed by atoms with van der Waals surface area (Å²) >= 11 is 1.85. The van der Waals surface area contributed by atoms with E-state index in [1.54, 1.807) is 7.11 Å². The lowest BCUT2D eigenvalue weighted by Gasteiger charge is -2.21. The maximum atomic E-state index is 5.52. The monoisotopic (exact) mass is 303 g/mol. The van der Waals surface area contributed by atoms with E-state index in [0.717, 1.165) is 31.6 Å². The Morgan fingerprint density at radius 2 is 2.05 bits per heavy atom. The van der Waals surface area contributed by atoms with Crippen LogP contribution in [-0.2, 0) is 6.42 Å². The maximum Gasteiger partial charge on any atom is 0.123 e. The lowest BCUT2D eigenvalue weighted by atomic mass is 9.99. The number of hydrogen-bond donors (Lipinski definition) is 1. The van der Waals surface area contributed by atoms with E-state index >= 15 is 0 Å². The van der Waals surface area contributed by atoms with Crippen LogP contribution in [0.2, 0.25) is 0 Å². The van der Waals surface area contributed by atoms with Gasteiger partial charge < -0.3 is 10.1 Å². The normalized spacial score (nSPS) is 12.3. The van der Waals surface area contributed by atoms with Crippen molar-refractivity contribution in [1.82, 2.24) is 5.32 Å². The zero-order valence-electron chi connectivity index (χ0n) is 13.0. The molecule has 0 aliphatic rings. The van der Waals surface area contributed by atoms with Crippen molar-refractivity contribution in [1.29, 1.82) is 0 Å². The summed E-state index contributed by atoms with van der Waals surface area (Å²) in [4.78, 5) is 1.48. The fraction of sp³-hybridized carbons (Fsp3) is 0.444. The Hall–Kier alpha value is -1.32. The zero-order valence-corrected chi connectivity index (χ0v) is 13.8. The van der Waals surface area contributed by atoms with E-state index in [1.807, 2.05) is 17.4 Å². The van der Waals surface area contributed by atoms with Crippen molar-refractivity contribution in [2.45, 2.75) is 38.6 Å². The first-order chi connectivity index (χ1) is 10.3. The highest BCUT2D eigenvalue weighted by atomic mass is 32.1. The number of hydrogen-bond acceptors (Lipinski definition) is 3. The summed E-state index contributed by atoms with van der Waals surface area (Å²) in [5, 5.41) is 5.82. The van der Waals surface area contributed by atoms with Crippen LogP contribution < -0.4 is 10.1 Å². The number of methoxy groups -OCH3 is 1.